The SMILES string of the molecule is CN(CCNCC(=O)N(C)C1CC1)C1CC1. The molecule has 4 nitrogen and oxygen atoms in total. The van der Waals surface area contributed by atoms with Gasteiger partial charge >= 0.3 is 0 Å². The zero-order valence-corrected chi connectivity index (χ0v) is 10.4. The smallest absolute Gasteiger partial charge is 0.236 e. The van der Waals surface area contributed by atoms with Gasteiger partial charge in [0.05, 0.1) is 6.54 Å². The van der Waals surface area contributed by atoms with Crippen molar-refractivity contribution in [1.82, 2.24) is 15.1 Å². The Morgan fingerprint density at radius 3 is 2.38 bits per heavy atom. The van der Waals surface area contributed by atoms with Crippen molar-refractivity contribution in [3.8, 4) is 0 Å². The van der Waals surface area contributed by atoms with Gasteiger partial charge < -0.3 is 15.1 Å². The predicted octanol–water partition coefficient (Wildman–Crippen LogP) is 0.291. The summed E-state index contributed by atoms with van der Waals surface area (Å²) in [6.07, 6.45) is 5.07. The number of carbonyl (C=O) groups excluding carboxylic acids is 1. The minimum absolute atomic E-state index is 0.233. The number of carbonyl (C=O) groups is 1. The van der Waals surface area contributed by atoms with Gasteiger partial charge in [0.25, 0.3) is 0 Å². The molecule has 0 aliphatic heterocycles. The minimum atomic E-state index is 0.233. The molecule has 0 saturated heterocycles. The van der Waals surface area contributed by atoms with Crippen molar-refractivity contribution in [3.63, 3.8) is 0 Å². The molecule has 0 aromatic carbocycles. The molecule has 1 amide bonds. The van der Waals surface area contributed by atoms with E-state index in [9.17, 15) is 4.79 Å². The summed E-state index contributed by atoms with van der Waals surface area (Å²) in [5, 5.41) is 3.23. The first-order chi connectivity index (χ1) is 7.68. The molecule has 0 bridgehead atoms. The Morgan fingerprint density at radius 1 is 1.19 bits per heavy atom. The third-order valence-corrected chi connectivity index (χ3v) is 3.58. The lowest BCUT2D eigenvalue weighted by Gasteiger charge is -2.18. The lowest BCUT2D eigenvalue weighted by molar-refractivity contribution is -0.129. The van der Waals surface area contributed by atoms with Crippen molar-refractivity contribution in [2.75, 3.05) is 33.7 Å². The molecule has 4 heteroatoms. The highest BCUT2D eigenvalue weighted by Crippen LogP contribution is 2.25. The Kier molecular flexibility index (Phi) is 3.82. The van der Waals surface area contributed by atoms with Crippen molar-refractivity contribution >= 4 is 5.91 Å². The van der Waals surface area contributed by atoms with Gasteiger partial charge in [-0.3, -0.25) is 4.79 Å². The molecule has 16 heavy (non-hydrogen) atoms. The van der Waals surface area contributed by atoms with Gasteiger partial charge in [-0.1, -0.05) is 0 Å². The maximum Gasteiger partial charge on any atom is 0.236 e. The number of rotatable bonds is 7. The molecule has 92 valence electrons. The van der Waals surface area contributed by atoms with E-state index in [2.05, 4.69) is 17.3 Å². The van der Waals surface area contributed by atoms with Crippen LogP contribution in [-0.4, -0.2) is 61.5 Å². The second-order valence-electron chi connectivity index (χ2n) is 5.12. The molecule has 0 aromatic rings. The van der Waals surface area contributed by atoms with Crippen molar-refractivity contribution < 1.29 is 4.79 Å². The molecule has 0 heterocycles. The van der Waals surface area contributed by atoms with E-state index in [4.69, 9.17) is 0 Å². The van der Waals surface area contributed by atoms with Crippen molar-refractivity contribution in [1.29, 1.82) is 0 Å². The van der Waals surface area contributed by atoms with Crippen LogP contribution in [0, 0.1) is 0 Å². The Balaban J connectivity index is 1.51. The third kappa shape index (κ3) is 3.46. The molecule has 0 atom stereocenters. The summed E-state index contributed by atoms with van der Waals surface area (Å²) in [5.41, 5.74) is 0. The van der Waals surface area contributed by atoms with Gasteiger partial charge in [0.15, 0.2) is 0 Å². The summed E-state index contributed by atoms with van der Waals surface area (Å²) >= 11 is 0. The summed E-state index contributed by atoms with van der Waals surface area (Å²) in [6.45, 7) is 2.45. The van der Waals surface area contributed by atoms with E-state index >= 15 is 0 Å². The highest BCUT2D eigenvalue weighted by atomic mass is 16.2. The van der Waals surface area contributed by atoms with Gasteiger partial charge in [0, 0.05) is 32.2 Å². The highest BCUT2D eigenvalue weighted by molar-refractivity contribution is 5.78. The van der Waals surface area contributed by atoms with Crippen LogP contribution in [-0.2, 0) is 4.79 Å². The average Bonchev–Trinajstić information content (AvgIpc) is 3.14. The number of amides is 1. The Labute approximate surface area is 98.0 Å². The molecule has 2 aliphatic carbocycles. The number of hydrogen-bond donors (Lipinski definition) is 1. The molecule has 0 unspecified atom stereocenters. The van der Waals surface area contributed by atoms with Gasteiger partial charge in [-0.15, -0.1) is 0 Å². The predicted molar refractivity (Wildman–Crippen MR) is 64.3 cm³/mol. The topological polar surface area (TPSA) is 35.6 Å². The largest absolute Gasteiger partial charge is 0.342 e. The van der Waals surface area contributed by atoms with Gasteiger partial charge in [-0.05, 0) is 32.7 Å². The van der Waals surface area contributed by atoms with Gasteiger partial charge in [-0.25, -0.2) is 0 Å². The molecular formula is C12H23N3O. The summed E-state index contributed by atoms with van der Waals surface area (Å²) in [5.74, 6) is 0.233. The van der Waals surface area contributed by atoms with E-state index in [0.717, 1.165) is 19.1 Å². The van der Waals surface area contributed by atoms with E-state index < -0.39 is 0 Å². The van der Waals surface area contributed by atoms with Crippen LogP contribution in [0.15, 0.2) is 0 Å². The van der Waals surface area contributed by atoms with E-state index in [0.29, 0.717) is 12.6 Å². The van der Waals surface area contributed by atoms with Gasteiger partial charge in [0.1, 0.15) is 0 Å². The van der Waals surface area contributed by atoms with Gasteiger partial charge in [0.2, 0.25) is 5.91 Å². The fourth-order valence-electron chi connectivity index (χ4n) is 1.94. The van der Waals surface area contributed by atoms with E-state index in [1.807, 2.05) is 11.9 Å². The molecule has 0 radical (unpaired) electrons. The van der Waals surface area contributed by atoms with Crippen molar-refractivity contribution in [3.05, 3.63) is 0 Å². The fourth-order valence-corrected chi connectivity index (χ4v) is 1.94. The van der Waals surface area contributed by atoms with Crippen LogP contribution in [0.25, 0.3) is 0 Å². The maximum atomic E-state index is 11.7. The quantitative estimate of drug-likeness (QED) is 0.633. The first-order valence-electron chi connectivity index (χ1n) is 6.35. The molecule has 0 spiro atoms. The van der Waals surface area contributed by atoms with Crippen LogP contribution >= 0.6 is 0 Å². The van der Waals surface area contributed by atoms with E-state index in [-0.39, 0.29) is 5.91 Å². The molecule has 2 aliphatic rings. The Hall–Kier alpha value is -0.610. The fraction of sp³-hybridized carbons (Fsp3) is 0.917. The van der Waals surface area contributed by atoms with E-state index in [1.54, 1.807) is 0 Å². The van der Waals surface area contributed by atoms with Crippen LogP contribution in [0.4, 0.5) is 0 Å². The van der Waals surface area contributed by atoms with E-state index in [1.165, 1.54) is 25.7 Å². The summed E-state index contributed by atoms with van der Waals surface area (Å²) in [7, 11) is 4.08. The van der Waals surface area contributed by atoms with Crippen molar-refractivity contribution in [2.24, 2.45) is 0 Å². The maximum absolute atomic E-state index is 11.7. The molecule has 2 rings (SSSR count). The Morgan fingerprint density at radius 2 is 1.81 bits per heavy atom. The zero-order chi connectivity index (χ0) is 11.5. The second kappa shape index (κ2) is 5.15. The summed E-state index contributed by atoms with van der Waals surface area (Å²) < 4.78 is 0. The minimum Gasteiger partial charge on any atom is -0.342 e. The lowest BCUT2D eigenvalue weighted by Crippen LogP contribution is -2.39. The zero-order valence-electron chi connectivity index (χ0n) is 10.4. The van der Waals surface area contributed by atoms with Gasteiger partial charge in [-0.2, -0.15) is 0 Å². The highest BCUT2D eigenvalue weighted by Gasteiger charge is 2.29. The third-order valence-electron chi connectivity index (χ3n) is 3.58. The Bertz CT molecular complexity index is 249. The number of likely N-dealkylation sites (N-methyl/N-ethyl adjacent to an activating group) is 2. The monoisotopic (exact) mass is 225 g/mol. The number of nitrogens with zero attached hydrogens (tertiary/aromatic N) is 2. The molecule has 1 N–H and O–H groups in total. The number of nitrogens with one attached hydrogen (secondary N) is 1. The van der Waals surface area contributed by atoms with Crippen LogP contribution in [0.5, 0.6) is 0 Å². The standard InChI is InChI=1S/C12H23N3O/c1-14(10-3-4-10)8-7-13-9-12(16)15(2)11-5-6-11/h10-11,13H,3-9H2,1-2H3. The van der Waals surface area contributed by atoms with Crippen LogP contribution in [0.2, 0.25) is 0 Å². The molecule has 2 fully saturated rings. The second-order valence-corrected chi connectivity index (χ2v) is 5.12. The molecular weight excluding hydrogens is 202 g/mol. The first kappa shape index (κ1) is 11.9. The molecule has 2 saturated carbocycles. The number of hydrogen-bond acceptors (Lipinski definition) is 3. The molecule has 0 aromatic heterocycles. The summed E-state index contributed by atoms with van der Waals surface area (Å²) in [6, 6.07) is 1.34. The van der Waals surface area contributed by atoms with Crippen LogP contribution in [0.3, 0.4) is 0 Å². The summed E-state index contributed by atoms with van der Waals surface area (Å²) in [4.78, 5) is 15.9. The normalized spacial score (nSPS) is 20.2. The van der Waals surface area contributed by atoms with Crippen LogP contribution < -0.4 is 5.32 Å². The first-order valence-corrected chi connectivity index (χ1v) is 6.35. The average molecular weight is 225 g/mol. The lowest BCUT2D eigenvalue weighted by atomic mass is 10.4. The van der Waals surface area contributed by atoms with Crippen molar-refractivity contribution in [2.45, 2.75) is 37.8 Å². The van der Waals surface area contributed by atoms with Crippen LogP contribution in [0.1, 0.15) is 25.7 Å².